The molecule has 0 saturated carbocycles. The Morgan fingerprint density at radius 3 is 2.56 bits per heavy atom. The van der Waals surface area contributed by atoms with Crippen molar-refractivity contribution in [1.29, 1.82) is 5.26 Å². The summed E-state index contributed by atoms with van der Waals surface area (Å²) >= 11 is 0. The molecule has 2 aromatic carbocycles. The number of hydrogen-bond acceptors (Lipinski definition) is 6. The summed E-state index contributed by atoms with van der Waals surface area (Å²) in [4.78, 5) is 13.0. The third kappa shape index (κ3) is 3.33. The molecule has 168 valence electrons. The molecule has 8 nitrogen and oxygen atoms in total. The molecular formula is C25H19FN6O2. The van der Waals surface area contributed by atoms with Crippen LogP contribution >= 0.6 is 0 Å². The lowest BCUT2D eigenvalue weighted by molar-refractivity contribution is 0.398. The highest BCUT2D eigenvalue weighted by molar-refractivity contribution is 6.04. The van der Waals surface area contributed by atoms with E-state index < -0.39 is 0 Å². The van der Waals surface area contributed by atoms with Crippen LogP contribution in [0.5, 0.6) is 11.6 Å². The van der Waals surface area contributed by atoms with Crippen LogP contribution in [-0.4, -0.2) is 33.3 Å². The predicted octanol–water partition coefficient (Wildman–Crippen LogP) is 4.12. The van der Waals surface area contributed by atoms with Gasteiger partial charge in [-0.1, -0.05) is 6.07 Å². The number of aryl methyl sites for hydroxylation is 1. The number of benzene rings is 2. The number of ether oxygens (including phenoxy) is 2. The smallest absolute Gasteiger partial charge is 0.226 e. The van der Waals surface area contributed by atoms with E-state index in [4.69, 9.17) is 9.47 Å². The van der Waals surface area contributed by atoms with Gasteiger partial charge in [-0.05, 0) is 42.0 Å². The van der Waals surface area contributed by atoms with Crippen LogP contribution in [0, 0.1) is 17.3 Å². The van der Waals surface area contributed by atoms with Gasteiger partial charge in [0.2, 0.25) is 17.7 Å². The second-order valence-electron chi connectivity index (χ2n) is 7.53. The second kappa shape index (κ2) is 8.33. The standard InChI is InChI=1S/C25H19FN6O2/c1-31-21-13-28-20-7-4-15(18-11-16(26)5-8-22(18)33-2)10-19(20)24(21)32(25(31)30-14-27)17-6-9-23(34-3)29-12-17/h4-13H,1-3H3/b30-25-. The van der Waals surface area contributed by atoms with Crippen molar-refractivity contribution in [2.75, 3.05) is 14.2 Å². The van der Waals surface area contributed by atoms with Crippen LogP contribution in [-0.2, 0) is 7.05 Å². The van der Waals surface area contributed by atoms with Gasteiger partial charge in [0.1, 0.15) is 11.6 Å². The normalized spacial score (nSPS) is 11.7. The van der Waals surface area contributed by atoms with Crippen LogP contribution in [0.15, 0.2) is 65.9 Å². The summed E-state index contributed by atoms with van der Waals surface area (Å²) in [5, 5.41) is 10.2. The van der Waals surface area contributed by atoms with E-state index in [0.29, 0.717) is 28.5 Å². The van der Waals surface area contributed by atoms with Gasteiger partial charge >= 0.3 is 0 Å². The summed E-state index contributed by atoms with van der Waals surface area (Å²) in [7, 11) is 4.92. The van der Waals surface area contributed by atoms with Crippen LogP contribution in [0.1, 0.15) is 0 Å². The molecular weight excluding hydrogens is 435 g/mol. The van der Waals surface area contributed by atoms with Crippen molar-refractivity contribution in [3.8, 4) is 34.6 Å². The summed E-state index contributed by atoms with van der Waals surface area (Å²) in [6, 6.07) is 13.7. The number of imidazole rings is 1. The monoisotopic (exact) mass is 454 g/mol. The van der Waals surface area contributed by atoms with E-state index in [1.54, 1.807) is 43.3 Å². The fourth-order valence-corrected chi connectivity index (χ4v) is 4.12. The number of nitriles is 1. The minimum Gasteiger partial charge on any atom is -0.496 e. The van der Waals surface area contributed by atoms with Crippen LogP contribution in [0.2, 0.25) is 0 Å². The molecule has 0 amide bonds. The molecule has 0 fully saturated rings. The van der Waals surface area contributed by atoms with Crippen molar-refractivity contribution in [3.63, 3.8) is 0 Å². The molecule has 3 aromatic heterocycles. The van der Waals surface area contributed by atoms with Crippen LogP contribution in [0.25, 0.3) is 38.8 Å². The van der Waals surface area contributed by atoms with Gasteiger partial charge in [-0.15, -0.1) is 4.99 Å². The van der Waals surface area contributed by atoms with Crippen molar-refractivity contribution >= 4 is 21.9 Å². The summed E-state index contributed by atoms with van der Waals surface area (Å²) in [5.74, 6) is 0.665. The maximum atomic E-state index is 14.1. The maximum absolute atomic E-state index is 14.1. The third-order valence-corrected chi connectivity index (χ3v) is 5.72. The molecule has 5 aromatic rings. The maximum Gasteiger partial charge on any atom is 0.226 e. The van der Waals surface area contributed by atoms with E-state index in [0.717, 1.165) is 27.5 Å². The first-order valence-electron chi connectivity index (χ1n) is 10.3. The molecule has 0 aliphatic carbocycles. The van der Waals surface area contributed by atoms with E-state index in [1.165, 1.54) is 12.1 Å². The number of halogens is 1. The Kier molecular flexibility index (Phi) is 5.18. The molecule has 5 rings (SSSR count). The van der Waals surface area contributed by atoms with Gasteiger partial charge in [-0.2, -0.15) is 5.26 Å². The fraction of sp³-hybridized carbons (Fsp3) is 0.120. The van der Waals surface area contributed by atoms with E-state index in [1.807, 2.05) is 42.1 Å². The molecule has 9 heteroatoms. The lowest BCUT2D eigenvalue weighted by Gasteiger charge is -2.11. The topological polar surface area (TPSA) is 90.2 Å². The molecule has 0 aliphatic rings. The molecule has 0 atom stereocenters. The zero-order chi connectivity index (χ0) is 23.8. The Balaban J connectivity index is 1.89. The fourth-order valence-electron chi connectivity index (χ4n) is 4.12. The van der Waals surface area contributed by atoms with Crippen molar-refractivity contribution in [1.82, 2.24) is 19.1 Å². The zero-order valence-electron chi connectivity index (χ0n) is 18.7. The predicted molar refractivity (Wildman–Crippen MR) is 125 cm³/mol. The molecule has 3 heterocycles. The van der Waals surface area contributed by atoms with Gasteiger partial charge in [0.15, 0.2) is 0 Å². The molecule has 0 saturated heterocycles. The zero-order valence-corrected chi connectivity index (χ0v) is 18.7. The Morgan fingerprint density at radius 2 is 1.85 bits per heavy atom. The highest BCUT2D eigenvalue weighted by Gasteiger charge is 2.17. The molecule has 34 heavy (non-hydrogen) atoms. The van der Waals surface area contributed by atoms with E-state index >= 15 is 0 Å². The average Bonchev–Trinajstić information content (AvgIpc) is 3.15. The summed E-state index contributed by atoms with van der Waals surface area (Å²) in [6.45, 7) is 0. The lowest BCUT2D eigenvalue weighted by atomic mass is 10.0. The Hall–Kier alpha value is -4.71. The molecule has 0 radical (unpaired) electrons. The van der Waals surface area contributed by atoms with Crippen molar-refractivity contribution in [2.45, 2.75) is 0 Å². The van der Waals surface area contributed by atoms with Crippen molar-refractivity contribution < 1.29 is 13.9 Å². The van der Waals surface area contributed by atoms with Crippen LogP contribution in [0.3, 0.4) is 0 Å². The number of hydrogen-bond donors (Lipinski definition) is 0. The van der Waals surface area contributed by atoms with Gasteiger partial charge < -0.3 is 14.0 Å². The van der Waals surface area contributed by atoms with Crippen molar-refractivity contribution in [2.24, 2.45) is 12.0 Å². The molecule has 0 unspecified atom stereocenters. The highest BCUT2D eigenvalue weighted by Crippen LogP contribution is 2.34. The Bertz CT molecular complexity index is 1660. The Morgan fingerprint density at radius 1 is 1.00 bits per heavy atom. The van der Waals surface area contributed by atoms with E-state index in [-0.39, 0.29) is 5.82 Å². The summed E-state index contributed by atoms with van der Waals surface area (Å²) in [6.07, 6.45) is 5.28. The number of nitrogens with zero attached hydrogens (tertiary/aromatic N) is 6. The van der Waals surface area contributed by atoms with Crippen molar-refractivity contribution in [3.05, 3.63) is 72.4 Å². The number of pyridine rings is 2. The molecule has 0 aliphatic heterocycles. The minimum atomic E-state index is -0.360. The first-order chi connectivity index (χ1) is 16.5. The van der Waals surface area contributed by atoms with E-state index in [2.05, 4.69) is 15.0 Å². The molecule has 0 spiro atoms. The van der Waals surface area contributed by atoms with Gasteiger partial charge in [0.25, 0.3) is 0 Å². The second-order valence-corrected chi connectivity index (χ2v) is 7.53. The number of aromatic nitrogens is 4. The van der Waals surface area contributed by atoms with Crippen LogP contribution < -0.4 is 15.1 Å². The summed E-state index contributed by atoms with van der Waals surface area (Å²) < 4.78 is 28.4. The molecule has 0 N–H and O–H groups in total. The van der Waals surface area contributed by atoms with Crippen LogP contribution in [0.4, 0.5) is 4.39 Å². The molecule has 0 bridgehead atoms. The Labute approximate surface area is 193 Å². The first kappa shape index (κ1) is 21.2. The first-order valence-corrected chi connectivity index (χ1v) is 10.3. The minimum absolute atomic E-state index is 0.360. The quantitative estimate of drug-likeness (QED) is 0.381. The number of methoxy groups -OCH3 is 2. The largest absolute Gasteiger partial charge is 0.496 e. The van der Waals surface area contributed by atoms with Gasteiger partial charge in [0.05, 0.1) is 48.9 Å². The number of rotatable bonds is 4. The summed E-state index contributed by atoms with van der Waals surface area (Å²) in [5.41, 5.74) is 4.77. The SMILES string of the molecule is COc1ccc(-n2/c(=N\C#N)n(C)c3cnc4ccc(-c5cc(F)ccc5OC)cc4c32)cn1. The average molecular weight is 454 g/mol. The van der Waals surface area contributed by atoms with Gasteiger partial charge in [-0.25, -0.2) is 9.37 Å². The third-order valence-electron chi connectivity index (χ3n) is 5.72. The lowest BCUT2D eigenvalue weighted by Crippen LogP contribution is -2.22. The van der Waals surface area contributed by atoms with E-state index in [9.17, 15) is 9.65 Å². The van der Waals surface area contributed by atoms with Gasteiger partial charge in [-0.3, -0.25) is 9.55 Å². The van der Waals surface area contributed by atoms with Gasteiger partial charge in [0, 0.05) is 24.1 Å². The highest BCUT2D eigenvalue weighted by atomic mass is 19.1. The number of fused-ring (bicyclic) bond motifs is 3.